The first-order chi connectivity index (χ1) is 7.13. The van der Waals surface area contributed by atoms with Crippen molar-refractivity contribution in [3.8, 4) is 0 Å². The molecule has 0 heterocycles. The summed E-state index contributed by atoms with van der Waals surface area (Å²) >= 11 is 11.8. The highest BCUT2D eigenvalue weighted by Gasteiger charge is 2.03. The van der Waals surface area contributed by atoms with Crippen LogP contribution in [0.25, 0.3) is 0 Å². The van der Waals surface area contributed by atoms with E-state index in [0.29, 0.717) is 23.1 Å². The van der Waals surface area contributed by atoms with Crippen LogP contribution in [0.15, 0.2) is 18.2 Å². The van der Waals surface area contributed by atoms with E-state index in [1.165, 1.54) is 0 Å². The van der Waals surface area contributed by atoms with Gasteiger partial charge >= 0.3 is 0 Å². The first-order valence-corrected chi connectivity index (χ1v) is 5.71. The lowest BCUT2D eigenvalue weighted by Crippen LogP contribution is -2.25. The average molecular weight is 248 g/mol. The van der Waals surface area contributed by atoms with Gasteiger partial charge in [0.2, 0.25) is 0 Å². The van der Waals surface area contributed by atoms with Gasteiger partial charge in [-0.05, 0) is 30.2 Å². The maximum atomic E-state index is 9.34. The van der Waals surface area contributed by atoms with Gasteiger partial charge in [-0.3, -0.25) is 0 Å². The molecular weight excluding hydrogens is 233 g/mol. The molecular formula is C11H15Cl2NO. The van der Waals surface area contributed by atoms with Crippen LogP contribution in [0, 0.1) is 0 Å². The zero-order valence-corrected chi connectivity index (χ0v) is 10.1. The molecule has 0 aromatic heterocycles. The molecule has 2 nitrogen and oxygen atoms in total. The summed E-state index contributed by atoms with van der Waals surface area (Å²) in [7, 11) is 0. The highest BCUT2D eigenvalue weighted by Crippen LogP contribution is 2.20. The summed E-state index contributed by atoms with van der Waals surface area (Å²) in [5, 5.41) is 13.8. The van der Waals surface area contributed by atoms with Gasteiger partial charge < -0.3 is 10.4 Å². The Morgan fingerprint density at radius 3 is 2.80 bits per heavy atom. The van der Waals surface area contributed by atoms with Crippen molar-refractivity contribution in [2.75, 3.05) is 6.54 Å². The van der Waals surface area contributed by atoms with E-state index >= 15 is 0 Å². The van der Waals surface area contributed by atoms with E-state index in [9.17, 15) is 5.11 Å². The maximum absolute atomic E-state index is 9.34. The zero-order valence-electron chi connectivity index (χ0n) is 8.63. The van der Waals surface area contributed by atoms with Crippen LogP contribution in [-0.4, -0.2) is 17.8 Å². The third-order valence-corrected chi connectivity index (χ3v) is 2.78. The van der Waals surface area contributed by atoms with E-state index in [4.69, 9.17) is 23.2 Å². The van der Waals surface area contributed by atoms with Crippen molar-refractivity contribution in [2.24, 2.45) is 0 Å². The Morgan fingerprint density at radius 1 is 1.40 bits per heavy atom. The summed E-state index contributed by atoms with van der Waals surface area (Å²) in [6, 6.07) is 5.36. The standard InChI is InChI=1S/C11H15Cl2NO/c1-2-10(15)7-14-6-8-5-9(12)3-4-11(8)13/h3-5,10,14-15H,2,6-7H2,1H3. The van der Waals surface area contributed by atoms with Crippen LogP contribution in [0.5, 0.6) is 0 Å². The number of aliphatic hydroxyl groups excluding tert-OH is 1. The Balaban J connectivity index is 2.46. The van der Waals surface area contributed by atoms with Gasteiger partial charge in [0.1, 0.15) is 0 Å². The summed E-state index contributed by atoms with van der Waals surface area (Å²) in [4.78, 5) is 0. The molecule has 0 saturated heterocycles. The third kappa shape index (κ3) is 4.39. The highest BCUT2D eigenvalue weighted by atomic mass is 35.5. The van der Waals surface area contributed by atoms with Crippen LogP contribution >= 0.6 is 23.2 Å². The zero-order chi connectivity index (χ0) is 11.3. The number of hydrogen-bond donors (Lipinski definition) is 2. The molecule has 0 bridgehead atoms. The lowest BCUT2D eigenvalue weighted by molar-refractivity contribution is 0.167. The molecule has 0 fully saturated rings. The summed E-state index contributed by atoms with van der Waals surface area (Å²) < 4.78 is 0. The fraction of sp³-hybridized carbons (Fsp3) is 0.455. The van der Waals surface area contributed by atoms with Crippen molar-refractivity contribution >= 4 is 23.2 Å². The molecule has 0 radical (unpaired) electrons. The van der Waals surface area contributed by atoms with Crippen molar-refractivity contribution in [1.82, 2.24) is 5.32 Å². The van der Waals surface area contributed by atoms with E-state index in [1.807, 2.05) is 13.0 Å². The second-order valence-corrected chi connectivity index (χ2v) is 4.27. The van der Waals surface area contributed by atoms with Gasteiger partial charge in [0.25, 0.3) is 0 Å². The van der Waals surface area contributed by atoms with Gasteiger partial charge in [0.15, 0.2) is 0 Å². The number of hydrogen-bond acceptors (Lipinski definition) is 2. The van der Waals surface area contributed by atoms with Crippen LogP contribution in [-0.2, 0) is 6.54 Å². The lowest BCUT2D eigenvalue weighted by atomic mass is 10.2. The Bertz CT molecular complexity index is 317. The Morgan fingerprint density at radius 2 is 2.13 bits per heavy atom. The van der Waals surface area contributed by atoms with Gasteiger partial charge in [0.05, 0.1) is 6.10 Å². The SMILES string of the molecule is CCC(O)CNCc1cc(Cl)ccc1Cl. The largest absolute Gasteiger partial charge is 0.392 e. The molecule has 4 heteroatoms. The Labute approximate surface area is 100 Å². The topological polar surface area (TPSA) is 32.3 Å². The minimum absolute atomic E-state index is 0.303. The fourth-order valence-electron chi connectivity index (χ4n) is 1.20. The van der Waals surface area contributed by atoms with Crippen LogP contribution in [0.1, 0.15) is 18.9 Å². The molecule has 84 valence electrons. The summed E-state index contributed by atoms with van der Waals surface area (Å²) in [5.41, 5.74) is 0.951. The van der Waals surface area contributed by atoms with Crippen LogP contribution in [0.4, 0.5) is 0 Å². The second kappa shape index (κ2) is 6.33. The second-order valence-electron chi connectivity index (χ2n) is 3.43. The number of halogens is 2. The average Bonchev–Trinajstić information content (AvgIpc) is 2.23. The van der Waals surface area contributed by atoms with Crippen LogP contribution in [0.2, 0.25) is 10.0 Å². The molecule has 1 rings (SSSR count). The summed E-state index contributed by atoms with van der Waals surface area (Å²) in [5.74, 6) is 0. The molecule has 1 aromatic rings. The van der Waals surface area contributed by atoms with Crippen molar-refractivity contribution in [3.63, 3.8) is 0 Å². The predicted molar refractivity (Wildman–Crippen MR) is 64.5 cm³/mol. The van der Waals surface area contributed by atoms with E-state index in [0.717, 1.165) is 12.0 Å². The first kappa shape index (κ1) is 12.8. The predicted octanol–water partition coefficient (Wildman–Crippen LogP) is 2.85. The minimum Gasteiger partial charge on any atom is -0.392 e. The van der Waals surface area contributed by atoms with Gasteiger partial charge in [0, 0.05) is 23.1 Å². The number of nitrogens with one attached hydrogen (secondary N) is 1. The van der Waals surface area contributed by atoms with Gasteiger partial charge in [-0.25, -0.2) is 0 Å². The van der Waals surface area contributed by atoms with Crippen molar-refractivity contribution in [3.05, 3.63) is 33.8 Å². The van der Waals surface area contributed by atoms with Crippen molar-refractivity contribution in [1.29, 1.82) is 0 Å². The third-order valence-electron chi connectivity index (χ3n) is 2.17. The summed E-state index contributed by atoms with van der Waals surface area (Å²) in [6.07, 6.45) is 0.443. The normalized spacial score (nSPS) is 12.8. The molecule has 2 N–H and O–H groups in total. The number of aliphatic hydroxyl groups is 1. The van der Waals surface area contributed by atoms with Gasteiger partial charge in [-0.1, -0.05) is 30.1 Å². The van der Waals surface area contributed by atoms with E-state index < -0.39 is 0 Å². The van der Waals surface area contributed by atoms with Gasteiger partial charge in [-0.15, -0.1) is 0 Å². The molecule has 0 aliphatic carbocycles. The maximum Gasteiger partial charge on any atom is 0.0662 e. The Hall–Kier alpha value is -0.280. The molecule has 15 heavy (non-hydrogen) atoms. The molecule has 0 saturated carbocycles. The number of benzene rings is 1. The molecule has 0 spiro atoms. The highest BCUT2D eigenvalue weighted by molar-refractivity contribution is 6.33. The van der Waals surface area contributed by atoms with E-state index in [1.54, 1.807) is 12.1 Å². The molecule has 1 aromatic carbocycles. The number of rotatable bonds is 5. The van der Waals surface area contributed by atoms with Crippen LogP contribution < -0.4 is 5.32 Å². The Kier molecular flexibility index (Phi) is 5.40. The molecule has 0 aliphatic rings. The monoisotopic (exact) mass is 247 g/mol. The molecule has 0 amide bonds. The van der Waals surface area contributed by atoms with E-state index in [-0.39, 0.29) is 6.10 Å². The van der Waals surface area contributed by atoms with Crippen LogP contribution in [0.3, 0.4) is 0 Å². The van der Waals surface area contributed by atoms with E-state index in [2.05, 4.69) is 5.32 Å². The molecule has 1 unspecified atom stereocenters. The fourth-order valence-corrected chi connectivity index (χ4v) is 1.58. The first-order valence-electron chi connectivity index (χ1n) is 4.96. The smallest absolute Gasteiger partial charge is 0.0662 e. The minimum atomic E-state index is -0.303. The molecule has 1 atom stereocenters. The lowest BCUT2D eigenvalue weighted by Gasteiger charge is -2.10. The molecule has 0 aliphatic heterocycles. The summed E-state index contributed by atoms with van der Waals surface area (Å²) in [6.45, 7) is 3.13. The van der Waals surface area contributed by atoms with Crippen molar-refractivity contribution in [2.45, 2.75) is 26.0 Å². The van der Waals surface area contributed by atoms with Crippen molar-refractivity contribution < 1.29 is 5.11 Å². The van der Waals surface area contributed by atoms with Gasteiger partial charge in [-0.2, -0.15) is 0 Å². The quantitative estimate of drug-likeness (QED) is 0.839.